The summed E-state index contributed by atoms with van der Waals surface area (Å²) in [5.74, 6) is 2.15. The Morgan fingerprint density at radius 2 is 2.20 bits per heavy atom. The number of amides is 1. The summed E-state index contributed by atoms with van der Waals surface area (Å²) in [7, 11) is 1.87. The molecule has 1 fully saturated rings. The van der Waals surface area contributed by atoms with Crippen LogP contribution in [0.1, 0.15) is 39.5 Å². The Balaban J connectivity index is 2.11. The van der Waals surface area contributed by atoms with Crippen molar-refractivity contribution in [3.8, 4) is 0 Å². The van der Waals surface area contributed by atoms with Gasteiger partial charge in [0.25, 0.3) is 0 Å². The summed E-state index contributed by atoms with van der Waals surface area (Å²) < 4.78 is 5.66. The van der Waals surface area contributed by atoms with Gasteiger partial charge in [0.05, 0.1) is 11.9 Å². The maximum Gasteiger partial charge on any atom is 0.232 e. The molecule has 0 bridgehead atoms. The van der Waals surface area contributed by atoms with Gasteiger partial charge in [-0.15, -0.1) is 11.8 Å². The normalized spacial score (nSPS) is 20.9. The van der Waals surface area contributed by atoms with Crippen LogP contribution in [0.4, 0.5) is 0 Å². The first-order chi connectivity index (χ1) is 9.50. The quantitative estimate of drug-likeness (QED) is 0.746. The fraction of sp³-hybridized carbons (Fsp3) is 0.933. The lowest BCUT2D eigenvalue weighted by Crippen LogP contribution is -2.35. The van der Waals surface area contributed by atoms with E-state index in [0.717, 1.165) is 31.7 Å². The molecule has 1 rings (SSSR count). The van der Waals surface area contributed by atoms with Crippen LogP contribution in [0.15, 0.2) is 0 Å². The van der Waals surface area contributed by atoms with E-state index < -0.39 is 0 Å². The smallest absolute Gasteiger partial charge is 0.232 e. The minimum atomic E-state index is 0.175. The molecule has 1 heterocycles. The number of nitrogens with zero attached hydrogens (tertiary/aromatic N) is 1. The van der Waals surface area contributed by atoms with Gasteiger partial charge >= 0.3 is 0 Å². The van der Waals surface area contributed by atoms with Crippen molar-refractivity contribution in [3.05, 3.63) is 0 Å². The highest BCUT2D eigenvalue weighted by Crippen LogP contribution is 2.17. The number of hydrogen-bond acceptors (Lipinski definition) is 4. The second kappa shape index (κ2) is 9.64. The van der Waals surface area contributed by atoms with Gasteiger partial charge in [-0.1, -0.05) is 13.8 Å². The molecule has 2 atom stereocenters. The van der Waals surface area contributed by atoms with Crippen molar-refractivity contribution in [3.63, 3.8) is 0 Å². The molecule has 5 heteroatoms. The lowest BCUT2D eigenvalue weighted by atomic mass is 10.0. The fourth-order valence-corrected chi connectivity index (χ4v) is 3.17. The monoisotopic (exact) mass is 302 g/mol. The molecular weight excluding hydrogens is 272 g/mol. The lowest BCUT2D eigenvalue weighted by Gasteiger charge is -2.23. The number of rotatable bonds is 8. The van der Waals surface area contributed by atoms with Crippen molar-refractivity contribution in [1.82, 2.24) is 4.90 Å². The summed E-state index contributed by atoms with van der Waals surface area (Å²) >= 11 is 1.69. The van der Waals surface area contributed by atoms with Gasteiger partial charge in [-0.3, -0.25) is 4.79 Å². The maximum absolute atomic E-state index is 12.0. The number of thioether (sulfide) groups is 1. The molecule has 20 heavy (non-hydrogen) atoms. The second-order valence-corrected chi connectivity index (χ2v) is 7.05. The van der Waals surface area contributed by atoms with Gasteiger partial charge in [0.1, 0.15) is 0 Å². The molecule has 1 saturated heterocycles. The zero-order valence-corrected chi connectivity index (χ0v) is 14.0. The summed E-state index contributed by atoms with van der Waals surface area (Å²) in [5.41, 5.74) is 6.00. The molecule has 0 aliphatic carbocycles. The minimum Gasteiger partial charge on any atom is -0.377 e. The van der Waals surface area contributed by atoms with E-state index >= 15 is 0 Å². The molecule has 0 aromatic rings. The van der Waals surface area contributed by atoms with Crippen LogP contribution in [-0.4, -0.2) is 54.7 Å². The van der Waals surface area contributed by atoms with E-state index in [0.29, 0.717) is 17.8 Å². The summed E-state index contributed by atoms with van der Waals surface area (Å²) in [6.07, 6.45) is 4.79. The van der Waals surface area contributed by atoms with E-state index in [1.165, 1.54) is 12.8 Å². The van der Waals surface area contributed by atoms with Crippen LogP contribution in [-0.2, 0) is 9.53 Å². The highest BCUT2D eigenvalue weighted by Gasteiger charge is 2.16. The topological polar surface area (TPSA) is 55.6 Å². The predicted octanol–water partition coefficient (Wildman–Crippen LogP) is 2.12. The van der Waals surface area contributed by atoms with Crippen molar-refractivity contribution in [2.75, 3.05) is 31.7 Å². The van der Waals surface area contributed by atoms with Crippen LogP contribution in [0.25, 0.3) is 0 Å². The van der Waals surface area contributed by atoms with Gasteiger partial charge in [0.2, 0.25) is 5.91 Å². The zero-order valence-electron chi connectivity index (χ0n) is 13.1. The molecule has 118 valence electrons. The van der Waals surface area contributed by atoms with Crippen molar-refractivity contribution in [2.24, 2.45) is 11.7 Å². The van der Waals surface area contributed by atoms with Gasteiger partial charge in [-0.05, 0) is 31.6 Å². The lowest BCUT2D eigenvalue weighted by molar-refractivity contribution is -0.127. The average molecular weight is 302 g/mol. The summed E-state index contributed by atoms with van der Waals surface area (Å²) in [5, 5.41) is 0. The van der Waals surface area contributed by atoms with Crippen LogP contribution < -0.4 is 5.73 Å². The average Bonchev–Trinajstić information content (AvgIpc) is 2.45. The van der Waals surface area contributed by atoms with Crippen LogP contribution in [0, 0.1) is 5.92 Å². The van der Waals surface area contributed by atoms with E-state index in [2.05, 4.69) is 13.8 Å². The van der Waals surface area contributed by atoms with Crippen molar-refractivity contribution in [2.45, 2.75) is 51.7 Å². The van der Waals surface area contributed by atoms with Gasteiger partial charge in [0, 0.05) is 32.0 Å². The molecule has 2 unspecified atom stereocenters. The SMILES string of the molecule is CC(C)C(N)CCN(C)C(=O)CSCC1CCCCO1. The van der Waals surface area contributed by atoms with Crippen LogP contribution in [0.3, 0.4) is 0 Å². The van der Waals surface area contributed by atoms with E-state index in [-0.39, 0.29) is 11.9 Å². The molecule has 0 aromatic heterocycles. The largest absolute Gasteiger partial charge is 0.377 e. The molecule has 0 aromatic carbocycles. The molecule has 2 N–H and O–H groups in total. The standard InChI is InChI=1S/C15H30N2O2S/c1-12(2)14(16)7-8-17(3)15(18)11-20-10-13-6-4-5-9-19-13/h12-14H,4-11,16H2,1-3H3. The third-order valence-corrected chi connectivity index (χ3v) is 4.94. The molecule has 4 nitrogen and oxygen atoms in total. The first-order valence-corrected chi connectivity index (χ1v) is 8.85. The van der Waals surface area contributed by atoms with Crippen LogP contribution in [0.5, 0.6) is 0 Å². The van der Waals surface area contributed by atoms with E-state index in [4.69, 9.17) is 10.5 Å². The van der Waals surface area contributed by atoms with Gasteiger partial charge in [0.15, 0.2) is 0 Å². The van der Waals surface area contributed by atoms with Crippen molar-refractivity contribution < 1.29 is 9.53 Å². The van der Waals surface area contributed by atoms with Crippen LogP contribution >= 0.6 is 11.8 Å². The van der Waals surface area contributed by atoms with E-state index in [9.17, 15) is 4.79 Å². The Morgan fingerprint density at radius 1 is 1.45 bits per heavy atom. The zero-order chi connectivity index (χ0) is 15.0. The maximum atomic E-state index is 12.0. The van der Waals surface area contributed by atoms with Crippen LogP contribution in [0.2, 0.25) is 0 Å². The number of nitrogens with two attached hydrogens (primary N) is 1. The van der Waals surface area contributed by atoms with Crippen molar-refractivity contribution in [1.29, 1.82) is 0 Å². The van der Waals surface area contributed by atoms with Gasteiger partial charge < -0.3 is 15.4 Å². The highest BCUT2D eigenvalue weighted by atomic mass is 32.2. The second-order valence-electron chi connectivity index (χ2n) is 6.02. The Bertz CT molecular complexity index is 281. The number of ether oxygens (including phenoxy) is 1. The number of hydrogen-bond donors (Lipinski definition) is 1. The first-order valence-electron chi connectivity index (χ1n) is 7.69. The third kappa shape index (κ3) is 6.95. The molecule has 0 radical (unpaired) electrons. The first kappa shape index (κ1) is 17.8. The third-order valence-electron chi connectivity index (χ3n) is 3.88. The summed E-state index contributed by atoms with van der Waals surface area (Å²) in [6, 6.07) is 0.175. The molecule has 1 amide bonds. The Kier molecular flexibility index (Phi) is 8.57. The highest BCUT2D eigenvalue weighted by molar-refractivity contribution is 7.99. The Morgan fingerprint density at radius 3 is 2.80 bits per heavy atom. The van der Waals surface area contributed by atoms with Gasteiger partial charge in [-0.25, -0.2) is 0 Å². The van der Waals surface area contributed by atoms with Gasteiger partial charge in [-0.2, -0.15) is 0 Å². The molecule has 1 aliphatic heterocycles. The molecule has 0 saturated carbocycles. The van der Waals surface area contributed by atoms with E-state index in [1.807, 2.05) is 7.05 Å². The minimum absolute atomic E-state index is 0.175. The predicted molar refractivity (Wildman–Crippen MR) is 86.0 cm³/mol. The number of carbonyl (C=O) groups excluding carboxylic acids is 1. The van der Waals surface area contributed by atoms with Crippen molar-refractivity contribution >= 4 is 17.7 Å². The Labute approximate surface area is 127 Å². The Hall–Kier alpha value is -0.260. The molecule has 1 aliphatic rings. The number of carbonyl (C=O) groups is 1. The molecular formula is C15H30N2O2S. The summed E-state index contributed by atoms with van der Waals surface area (Å²) in [4.78, 5) is 13.8. The molecule has 0 spiro atoms. The van der Waals surface area contributed by atoms with E-state index in [1.54, 1.807) is 16.7 Å². The fourth-order valence-electron chi connectivity index (χ4n) is 2.13. The summed E-state index contributed by atoms with van der Waals surface area (Å²) in [6.45, 7) is 5.86.